The van der Waals surface area contributed by atoms with Crippen molar-refractivity contribution in [2.75, 3.05) is 19.0 Å². The molecule has 1 aliphatic heterocycles. The summed E-state index contributed by atoms with van der Waals surface area (Å²) in [5.41, 5.74) is 2.26. The number of nitrogens with one attached hydrogen (secondary N) is 2. The van der Waals surface area contributed by atoms with Gasteiger partial charge >= 0.3 is 0 Å². The molecule has 25 heavy (non-hydrogen) atoms. The molecular formula is C19H20N2O4. The first kappa shape index (κ1) is 16.8. The lowest BCUT2D eigenvalue weighted by Gasteiger charge is -2.23. The Balaban J connectivity index is 1.56. The fraction of sp³-hybridized carbons (Fsp3) is 0.263. The highest BCUT2D eigenvalue weighted by Crippen LogP contribution is 2.30. The number of methoxy groups -OCH3 is 1. The summed E-state index contributed by atoms with van der Waals surface area (Å²) < 4.78 is 10.6. The van der Waals surface area contributed by atoms with Crippen molar-refractivity contribution in [2.45, 2.75) is 19.4 Å². The Bertz CT molecular complexity index is 787. The fourth-order valence-electron chi connectivity index (χ4n) is 2.58. The van der Waals surface area contributed by atoms with Gasteiger partial charge in [0.25, 0.3) is 11.8 Å². The monoisotopic (exact) mass is 340 g/mol. The molecule has 1 atom stereocenters. The topological polar surface area (TPSA) is 76.7 Å². The van der Waals surface area contributed by atoms with Crippen LogP contribution in [0.15, 0.2) is 42.5 Å². The molecule has 6 heteroatoms. The zero-order chi connectivity index (χ0) is 17.8. The van der Waals surface area contributed by atoms with Gasteiger partial charge in [0.2, 0.25) is 0 Å². The molecule has 2 N–H and O–H groups in total. The van der Waals surface area contributed by atoms with Gasteiger partial charge < -0.3 is 20.1 Å². The van der Waals surface area contributed by atoms with Crippen LogP contribution in [0.1, 0.15) is 22.8 Å². The third-order valence-electron chi connectivity index (χ3n) is 4.03. The van der Waals surface area contributed by atoms with E-state index >= 15 is 0 Å². The maximum Gasteiger partial charge on any atom is 0.265 e. The molecule has 0 aromatic heterocycles. The highest BCUT2D eigenvalue weighted by molar-refractivity contribution is 5.97. The van der Waals surface area contributed by atoms with E-state index in [2.05, 4.69) is 10.6 Å². The number of hydrogen-bond acceptors (Lipinski definition) is 4. The van der Waals surface area contributed by atoms with Crippen LogP contribution >= 0.6 is 0 Å². The van der Waals surface area contributed by atoms with Crippen molar-refractivity contribution >= 4 is 17.5 Å². The van der Waals surface area contributed by atoms with Gasteiger partial charge in [-0.1, -0.05) is 6.07 Å². The molecule has 0 spiro atoms. The Kier molecular flexibility index (Phi) is 4.88. The van der Waals surface area contributed by atoms with Crippen LogP contribution in [0.25, 0.3) is 0 Å². The Morgan fingerprint density at radius 1 is 1.24 bits per heavy atom. The van der Waals surface area contributed by atoms with E-state index in [1.54, 1.807) is 38.3 Å². The molecule has 0 aliphatic carbocycles. The normalized spacial score (nSPS) is 15.6. The number of carbonyl (C=O) groups excluding carboxylic acids is 2. The van der Waals surface area contributed by atoms with E-state index in [0.717, 1.165) is 5.56 Å². The number of benzene rings is 2. The van der Waals surface area contributed by atoms with Crippen LogP contribution in [0.3, 0.4) is 0 Å². The second kappa shape index (κ2) is 7.25. The van der Waals surface area contributed by atoms with Crippen molar-refractivity contribution in [1.82, 2.24) is 5.32 Å². The average molecular weight is 340 g/mol. The van der Waals surface area contributed by atoms with Gasteiger partial charge in [-0.2, -0.15) is 0 Å². The number of amides is 2. The fourth-order valence-corrected chi connectivity index (χ4v) is 2.58. The molecule has 0 saturated heterocycles. The van der Waals surface area contributed by atoms with Crippen LogP contribution in [0, 0.1) is 0 Å². The van der Waals surface area contributed by atoms with Gasteiger partial charge in [-0.3, -0.25) is 9.59 Å². The SMILES string of the molecule is COc1ccc(C(=O)NCCc2ccc3c(c2)NC(=O)C(C)O3)cc1. The van der Waals surface area contributed by atoms with E-state index in [0.29, 0.717) is 35.7 Å². The minimum Gasteiger partial charge on any atom is -0.497 e. The largest absolute Gasteiger partial charge is 0.497 e. The lowest BCUT2D eigenvalue weighted by molar-refractivity contribution is -0.122. The molecule has 0 bridgehead atoms. The van der Waals surface area contributed by atoms with E-state index in [9.17, 15) is 9.59 Å². The summed E-state index contributed by atoms with van der Waals surface area (Å²) in [4.78, 5) is 23.8. The molecule has 0 saturated carbocycles. The number of ether oxygens (including phenoxy) is 2. The highest BCUT2D eigenvalue weighted by atomic mass is 16.5. The quantitative estimate of drug-likeness (QED) is 0.876. The maximum absolute atomic E-state index is 12.1. The lowest BCUT2D eigenvalue weighted by Crippen LogP contribution is -2.34. The molecule has 1 unspecified atom stereocenters. The molecule has 3 rings (SSSR count). The Hall–Kier alpha value is -3.02. The molecule has 2 aromatic carbocycles. The summed E-state index contributed by atoms with van der Waals surface area (Å²) in [6, 6.07) is 12.6. The van der Waals surface area contributed by atoms with Gasteiger partial charge in [0.15, 0.2) is 6.10 Å². The van der Waals surface area contributed by atoms with Crippen molar-refractivity contribution in [3.05, 3.63) is 53.6 Å². The van der Waals surface area contributed by atoms with Crippen LogP contribution in [0.2, 0.25) is 0 Å². The number of carbonyl (C=O) groups is 2. The number of rotatable bonds is 5. The summed E-state index contributed by atoms with van der Waals surface area (Å²) in [6.45, 7) is 2.20. The number of hydrogen-bond donors (Lipinski definition) is 2. The lowest BCUT2D eigenvalue weighted by atomic mass is 10.1. The van der Waals surface area contributed by atoms with Crippen molar-refractivity contribution in [2.24, 2.45) is 0 Å². The summed E-state index contributed by atoms with van der Waals surface area (Å²) in [7, 11) is 1.59. The van der Waals surface area contributed by atoms with E-state index < -0.39 is 6.10 Å². The third-order valence-corrected chi connectivity index (χ3v) is 4.03. The van der Waals surface area contributed by atoms with Gasteiger partial charge in [-0.25, -0.2) is 0 Å². The van der Waals surface area contributed by atoms with Gasteiger partial charge in [0.05, 0.1) is 12.8 Å². The van der Waals surface area contributed by atoms with E-state index in [1.165, 1.54) is 0 Å². The van der Waals surface area contributed by atoms with Crippen molar-refractivity contribution in [3.63, 3.8) is 0 Å². The van der Waals surface area contributed by atoms with Crippen LogP contribution < -0.4 is 20.1 Å². The second-order valence-electron chi connectivity index (χ2n) is 5.81. The zero-order valence-electron chi connectivity index (χ0n) is 14.2. The summed E-state index contributed by atoms with van der Waals surface area (Å²) in [5.74, 6) is 1.09. The molecule has 0 fully saturated rings. The minimum atomic E-state index is -0.484. The average Bonchev–Trinajstić information content (AvgIpc) is 2.63. The summed E-state index contributed by atoms with van der Waals surface area (Å²) >= 11 is 0. The molecule has 2 amide bonds. The van der Waals surface area contributed by atoms with Crippen molar-refractivity contribution in [1.29, 1.82) is 0 Å². The summed E-state index contributed by atoms with van der Waals surface area (Å²) in [5, 5.41) is 5.71. The maximum atomic E-state index is 12.1. The van der Waals surface area contributed by atoms with Crippen LogP contribution in [-0.4, -0.2) is 31.6 Å². The van der Waals surface area contributed by atoms with Crippen LogP contribution in [0.4, 0.5) is 5.69 Å². The molecule has 2 aromatic rings. The van der Waals surface area contributed by atoms with E-state index in [-0.39, 0.29) is 11.8 Å². The van der Waals surface area contributed by atoms with Crippen LogP contribution in [0.5, 0.6) is 11.5 Å². The predicted octanol–water partition coefficient (Wildman–Crippen LogP) is 2.39. The first-order chi connectivity index (χ1) is 12.1. The first-order valence-electron chi connectivity index (χ1n) is 8.09. The van der Waals surface area contributed by atoms with Crippen molar-refractivity contribution in [3.8, 4) is 11.5 Å². The molecule has 1 aliphatic rings. The molecular weight excluding hydrogens is 320 g/mol. The number of anilines is 1. The smallest absolute Gasteiger partial charge is 0.265 e. The Labute approximate surface area is 146 Å². The van der Waals surface area contributed by atoms with Crippen molar-refractivity contribution < 1.29 is 19.1 Å². The van der Waals surface area contributed by atoms with Gasteiger partial charge in [-0.15, -0.1) is 0 Å². The molecule has 0 radical (unpaired) electrons. The van der Waals surface area contributed by atoms with Gasteiger partial charge in [0, 0.05) is 12.1 Å². The first-order valence-corrected chi connectivity index (χ1v) is 8.09. The Morgan fingerprint density at radius 3 is 2.72 bits per heavy atom. The zero-order valence-corrected chi connectivity index (χ0v) is 14.2. The summed E-state index contributed by atoms with van der Waals surface area (Å²) in [6.07, 6.45) is 0.169. The standard InChI is InChI=1S/C19H20N2O4/c1-12-18(22)21-16-11-13(3-8-17(16)25-12)9-10-20-19(23)14-4-6-15(24-2)7-5-14/h3-8,11-12H,9-10H2,1-2H3,(H,20,23)(H,21,22). The predicted molar refractivity (Wildman–Crippen MR) is 94.2 cm³/mol. The van der Waals surface area contributed by atoms with Gasteiger partial charge in [-0.05, 0) is 55.3 Å². The van der Waals surface area contributed by atoms with Gasteiger partial charge in [0.1, 0.15) is 11.5 Å². The minimum absolute atomic E-state index is 0.133. The molecule has 130 valence electrons. The van der Waals surface area contributed by atoms with Crippen LogP contribution in [-0.2, 0) is 11.2 Å². The third kappa shape index (κ3) is 3.91. The highest BCUT2D eigenvalue weighted by Gasteiger charge is 2.23. The number of fused-ring (bicyclic) bond motifs is 1. The molecule has 6 nitrogen and oxygen atoms in total. The molecule has 1 heterocycles. The van der Waals surface area contributed by atoms with E-state index in [1.807, 2.05) is 18.2 Å². The van der Waals surface area contributed by atoms with E-state index in [4.69, 9.17) is 9.47 Å². The second-order valence-corrected chi connectivity index (χ2v) is 5.81. The Morgan fingerprint density at radius 2 is 2.00 bits per heavy atom.